The van der Waals surface area contributed by atoms with Gasteiger partial charge in [0.2, 0.25) is 0 Å². The molecule has 1 aromatic heterocycles. The van der Waals surface area contributed by atoms with Crippen LogP contribution < -0.4 is 4.74 Å². The zero-order valence-corrected chi connectivity index (χ0v) is 17.7. The first-order valence-corrected chi connectivity index (χ1v) is 9.54. The van der Waals surface area contributed by atoms with E-state index in [0.29, 0.717) is 12.4 Å². The number of nitrogens with one attached hydrogen (secondary N) is 1. The quantitative estimate of drug-likeness (QED) is 0.469. The molecule has 0 amide bonds. The summed E-state index contributed by atoms with van der Waals surface area (Å²) in [4.78, 5) is 9.68. The van der Waals surface area contributed by atoms with Crippen molar-refractivity contribution in [3.8, 4) is 5.75 Å². The minimum atomic E-state index is -0.249. The molecule has 7 heteroatoms. The third-order valence-corrected chi connectivity index (χ3v) is 4.93. The van der Waals surface area contributed by atoms with Crippen molar-refractivity contribution in [2.24, 2.45) is 0 Å². The van der Waals surface area contributed by atoms with Crippen LogP contribution in [0.2, 0.25) is 0 Å². The predicted molar refractivity (Wildman–Crippen MR) is 106 cm³/mol. The summed E-state index contributed by atoms with van der Waals surface area (Å²) in [6, 6.07) is 13.8. The van der Waals surface area contributed by atoms with Crippen LogP contribution in [-0.4, -0.2) is 53.3 Å². The fraction of sp³-hybridized carbons (Fsp3) is 0.364. The van der Waals surface area contributed by atoms with E-state index in [1.165, 1.54) is 12.1 Å². The molecule has 2 unspecified atom stereocenters. The van der Waals surface area contributed by atoms with Crippen LogP contribution in [0.4, 0.5) is 4.39 Å². The van der Waals surface area contributed by atoms with E-state index in [1.54, 1.807) is 6.07 Å². The molecule has 1 radical (unpaired) electrons. The molecule has 3 heterocycles. The van der Waals surface area contributed by atoms with Crippen molar-refractivity contribution in [1.82, 2.24) is 14.9 Å². The van der Waals surface area contributed by atoms with E-state index >= 15 is 0 Å². The SMILES string of the molecule is CC1CN(C2[CH-]c3ccc(F)cc3OC2)CCO1.Cc1nc2ccc[c-]c2[nH]1.[Mn+2]. The number of aromatic nitrogens is 2. The second kappa shape index (κ2) is 9.63. The first-order chi connectivity index (χ1) is 13.6. The van der Waals surface area contributed by atoms with E-state index in [1.807, 2.05) is 25.1 Å². The number of H-pyrrole nitrogens is 1. The maximum Gasteiger partial charge on any atom is 2.00 e. The maximum absolute atomic E-state index is 13.1. The molecular formula is C22H24FMnN3O2. The van der Waals surface area contributed by atoms with Crippen LogP contribution >= 0.6 is 0 Å². The number of imidazole rings is 1. The minimum Gasteiger partial charge on any atom is -0.549 e. The van der Waals surface area contributed by atoms with Gasteiger partial charge < -0.3 is 19.4 Å². The fourth-order valence-corrected chi connectivity index (χ4v) is 3.57. The Kier molecular flexibility index (Phi) is 7.19. The summed E-state index contributed by atoms with van der Waals surface area (Å²) < 4.78 is 24.3. The van der Waals surface area contributed by atoms with Crippen LogP contribution in [0.5, 0.6) is 5.75 Å². The molecule has 0 aliphatic carbocycles. The number of hydrogen-bond acceptors (Lipinski definition) is 4. The Bertz CT molecular complexity index is 916. The maximum atomic E-state index is 13.1. The molecule has 0 spiro atoms. The normalized spacial score (nSPS) is 21.1. The molecule has 2 aromatic carbocycles. The molecule has 2 aliphatic heterocycles. The van der Waals surface area contributed by atoms with Gasteiger partial charge in [-0.2, -0.15) is 30.7 Å². The van der Waals surface area contributed by atoms with E-state index in [4.69, 9.17) is 9.47 Å². The van der Waals surface area contributed by atoms with Crippen LogP contribution in [0.3, 0.4) is 0 Å². The van der Waals surface area contributed by atoms with Gasteiger partial charge in [0.25, 0.3) is 0 Å². The fourth-order valence-electron chi connectivity index (χ4n) is 3.57. The molecule has 2 atom stereocenters. The van der Waals surface area contributed by atoms with Crippen LogP contribution in [-0.2, 0) is 21.8 Å². The first-order valence-electron chi connectivity index (χ1n) is 9.54. The molecule has 1 fully saturated rings. The van der Waals surface area contributed by atoms with Gasteiger partial charge in [-0.05, 0) is 30.9 Å². The third kappa shape index (κ3) is 5.31. The van der Waals surface area contributed by atoms with Crippen molar-refractivity contribution in [3.63, 3.8) is 0 Å². The first kappa shape index (κ1) is 21.7. The topological polar surface area (TPSA) is 50.4 Å². The second-order valence-electron chi connectivity index (χ2n) is 7.16. The van der Waals surface area contributed by atoms with Crippen LogP contribution in [0.1, 0.15) is 18.3 Å². The molecule has 153 valence electrons. The standard InChI is InChI=1S/C14H17FNO2.C8H7N2.Mn/c1-10-8-16(4-5-17-10)13-6-11-2-3-12(15)7-14(11)18-9-13;1-6-9-7-4-2-3-5-8(7)10-6;/h2-3,6-7,10,13H,4-5,8-9H2,1H3;2-4H,1H3,(H,9,10);/q2*-1;+2. The molecule has 3 aromatic rings. The molecule has 5 nitrogen and oxygen atoms in total. The number of nitrogens with zero attached hydrogens (tertiary/aromatic N) is 2. The Morgan fingerprint density at radius 3 is 3.00 bits per heavy atom. The molecule has 0 bridgehead atoms. The van der Waals surface area contributed by atoms with Gasteiger partial charge in [0.15, 0.2) is 0 Å². The molecular weight excluding hydrogens is 412 g/mol. The molecule has 1 N–H and O–H groups in total. The summed E-state index contributed by atoms with van der Waals surface area (Å²) in [5.74, 6) is 1.34. The summed E-state index contributed by atoms with van der Waals surface area (Å²) in [7, 11) is 0. The van der Waals surface area contributed by atoms with Gasteiger partial charge in [-0.3, -0.25) is 4.90 Å². The smallest absolute Gasteiger partial charge is 0.549 e. The van der Waals surface area contributed by atoms with Crippen LogP contribution in [0.15, 0.2) is 36.4 Å². The second-order valence-corrected chi connectivity index (χ2v) is 7.16. The van der Waals surface area contributed by atoms with Crippen molar-refractivity contribution >= 4 is 11.0 Å². The number of morpholine rings is 1. The Morgan fingerprint density at radius 1 is 1.34 bits per heavy atom. The van der Waals surface area contributed by atoms with Crippen LogP contribution in [0.25, 0.3) is 11.0 Å². The number of rotatable bonds is 1. The van der Waals surface area contributed by atoms with Gasteiger partial charge in [0, 0.05) is 24.9 Å². The third-order valence-electron chi connectivity index (χ3n) is 4.93. The summed E-state index contributed by atoms with van der Waals surface area (Å²) in [6.07, 6.45) is 2.43. The number of ether oxygens (including phenoxy) is 2. The van der Waals surface area contributed by atoms with Crippen molar-refractivity contribution in [1.29, 1.82) is 0 Å². The van der Waals surface area contributed by atoms with E-state index < -0.39 is 0 Å². The van der Waals surface area contributed by atoms with Crippen molar-refractivity contribution < 1.29 is 30.9 Å². The summed E-state index contributed by atoms with van der Waals surface area (Å²) >= 11 is 0. The van der Waals surface area contributed by atoms with Gasteiger partial charge in [0.05, 0.1) is 25.1 Å². The molecule has 5 rings (SSSR count). The van der Waals surface area contributed by atoms with Gasteiger partial charge in [0.1, 0.15) is 5.82 Å². The Labute approximate surface area is 181 Å². The number of halogens is 1. The average Bonchev–Trinajstić information content (AvgIpc) is 3.08. The van der Waals surface area contributed by atoms with Crippen molar-refractivity contribution in [3.05, 3.63) is 66.1 Å². The monoisotopic (exact) mass is 436 g/mol. The number of benzene rings is 2. The zero-order valence-electron chi connectivity index (χ0n) is 16.5. The number of hydrogen-bond donors (Lipinski definition) is 1. The molecule has 2 aliphatic rings. The Morgan fingerprint density at radius 2 is 2.21 bits per heavy atom. The van der Waals surface area contributed by atoms with Crippen molar-refractivity contribution in [2.45, 2.75) is 26.0 Å². The van der Waals surface area contributed by atoms with Gasteiger partial charge in [-0.25, -0.2) is 4.39 Å². The van der Waals surface area contributed by atoms with Gasteiger partial charge in [-0.15, -0.1) is 11.6 Å². The van der Waals surface area contributed by atoms with Crippen molar-refractivity contribution in [2.75, 3.05) is 26.3 Å². The molecule has 29 heavy (non-hydrogen) atoms. The van der Waals surface area contributed by atoms with Gasteiger partial charge in [-0.1, -0.05) is 6.07 Å². The summed E-state index contributed by atoms with van der Waals surface area (Å²) in [5.41, 5.74) is 2.95. The predicted octanol–water partition coefficient (Wildman–Crippen LogP) is 3.53. The number of aromatic amines is 1. The molecule has 1 saturated heterocycles. The van der Waals surface area contributed by atoms with E-state index in [-0.39, 0.29) is 35.0 Å². The zero-order chi connectivity index (χ0) is 19.5. The van der Waals surface area contributed by atoms with E-state index in [0.717, 1.165) is 42.1 Å². The number of para-hydroxylation sites is 1. The van der Waals surface area contributed by atoms with E-state index in [9.17, 15) is 4.39 Å². The Balaban J connectivity index is 0.000000186. The summed E-state index contributed by atoms with van der Waals surface area (Å²) in [6.45, 7) is 7.21. The average molecular weight is 436 g/mol. The summed E-state index contributed by atoms with van der Waals surface area (Å²) in [5, 5.41) is 0. The van der Waals surface area contributed by atoms with Gasteiger partial charge >= 0.3 is 17.1 Å². The van der Waals surface area contributed by atoms with Crippen LogP contribution in [0, 0.1) is 25.2 Å². The largest absolute Gasteiger partial charge is 2.00 e. The Hall–Kier alpha value is -2.05. The minimum absolute atomic E-state index is 0. The van der Waals surface area contributed by atoms with E-state index in [2.05, 4.69) is 34.3 Å². The molecule has 0 saturated carbocycles. The number of fused-ring (bicyclic) bond motifs is 2. The number of aryl methyl sites for hydroxylation is 1.